The Morgan fingerprint density at radius 3 is 2.14 bits per heavy atom. The highest BCUT2D eigenvalue weighted by atomic mass is 35.5. The zero-order valence-electron chi connectivity index (χ0n) is 16.8. The number of halogens is 1. The number of methoxy groups -OCH3 is 3. The van der Waals surface area contributed by atoms with Gasteiger partial charge in [-0.1, -0.05) is 11.6 Å². The maximum absolute atomic E-state index is 12.8. The van der Waals surface area contributed by atoms with Crippen LogP contribution in [0.5, 0.6) is 17.2 Å². The van der Waals surface area contributed by atoms with Gasteiger partial charge >= 0.3 is 0 Å². The van der Waals surface area contributed by atoms with Crippen molar-refractivity contribution in [1.82, 2.24) is 4.90 Å². The number of nitrogens with one attached hydrogen (secondary N) is 1. The molecule has 0 saturated heterocycles. The van der Waals surface area contributed by atoms with Crippen molar-refractivity contribution >= 4 is 33.2 Å². The predicted molar refractivity (Wildman–Crippen MR) is 112 cm³/mol. The van der Waals surface area contributed by atoms with E-state index < -0.39 is 10.0 Å². The van der Waals surface area contributed by atoms with Crippen LogP contribution in [-0.4, -0.2) is 53.9 Å². The minimum absolute atomic E-state index is 0.140. The highest BCUT2D eigenvalue weighted by Crippen LogP contribution is 2.38. The van der Waals surface area contributed by atoms with Crippen LogP contribution in [0.3, 0.4) is 0 Å². The molecule has 2 aromatic rings. The topological polar surface area (TPSA) is 94.2 Å². The molecule has 8 nitrogen and oxygen atoms in total. The summed E-state index contributed by atoms with van der Waals surface area (Å²) in [4.78, 5) is 14.3. The Labute approximate surface area is 175 Å². The summed E-state index contributed by atoms with van der Waals surface area (Å²) in [6.45, 7) is 0.257. The number of hydrogen-bond acceptors (Lipinski definition) is 6. The van der Waals surface area contributed by atoms with Gasteiger partial charge in [-0.3, -0.25) is 9.52 Å². The number of rotatable bonds is 8. The van der Waals surface area contributed by atoms with Gasteiger partial charge in [-0.05, 0) is 35.9 Å². The van der Waals surface area contributed by atoms with Crippen LogP contribution >= 0.6 is 11.6 Å². The van der Waals surface area contributed by atoms with E-state index in [1.807, 2.05) is 0 Å². The first-order chi connectivity index (χ1) is 13.6. The van der Waals surface area contributed by atoms with E-state index in [0.717, 1.165) is 11.8 Å². The fourth-order valence-corrected chi connectivity index (χ4v) is 3.52. The van der Waals surface area contributed by atoms with Crippen LogP contribution in [-0.2, 0) is 16.6 Å². The molecule has 2 rings (SSSR count). The third-order valence-corrected chi connectivity index (χ3v) is 4.92. The molecule has 1 amide bonds. The van der Waals surface area contributed by atoms with E-state index in [4.69, 9.17) is 25.8 Å². The van der Waals surface area contributed by atoms with Gasteiger partial charge in [0.1, 0.15) is 0 Å². The predicted octanol–water partition coefficient (Wildman–Crippen LogP) is 3.01. The molecule has 0 atom stereocenters. The fraction of sp³-hybridized carbons (Fsp3) is 0.316. The van der Waals surface area contributed by atoms with Crippen LogP contribution in [0.25, 0.3) is 0 Å². The number of carbonyl (C=O) groups is 1. The number of nitrogens with zero attached hydrogens (tertiary/aromatic N) is 1. The van der Waals surface area contributed by atoms with E-state index in [1.54, 1.807) is 19.2 Å². The van der Waals surface area contributed by atoms with Gasteiger partial charge in [0, 0.05) is 19.2 Å². The highest BCUT2D eigenvalue weighted by molar-refractivity contribution is 7.92. The van der Waals surface area contributed by atoms with Crippen molar-refractivity contribution in [3.63, 3.8) is 0 Å². The molecule has 0 aliphatic rings. The molecule has 0 fully saturated rings. The van der Waals surface area contributed by atoms with Crippen molar-refractivity contribution in [2.75, 3.05) is 39.4 Å². The van der Waals surface area contributed by atoms with Gasteiger partial charge in [-0.25, -0.2) is 8.42 Å². The van der Waals surface area contributed by atoms with Gasteiger partial charge in [0.25, 0.3) is 5.91 Å². The lowest BCUT2D eigenvalue weighted by molar-refractivity contribution is 0.0785. The lowest BCUT2D eigenvalue weighted by Crippen LogP contribution is -2.26. The number of benzene rings is 2. The molecule has 0 heterocycles. The van der Waals surface area contributed by atoms with Crippen LogP contribution in [0.4, 0.5) is 5.69 Å². The summed E-state index contributed by atoms with van der Waals surface area (Å²) >= 11 is 6.02. The number of ether oxygens (including phenoxy) is 3. The summed E-state index contributed by atoms with van der Waals surface area (Å²) in [5.74, 6) is 1.11. The molecule has 29 heavy (non-hydrogen) atoms. The van der Waals surface area contributed by atoms with Gasteiger partial charge in [0.15, 0.2) is 11.5 Å². The molecule has 0 aromatic heterocycles. The smallest absolute Gasteiger partial charge is 0.253 e. The Kier molecular flexibility index (Phi) is 7.21. The monoisotopic (exact) mass is 442 g/mol. The van der Waals surface area contributed by atoms with Gasteiger partial charge < -0.3 is 19.1 Å². The lowest BCUT2D eigenvalue weighted by Gasteiger charge is -2.20. The lowest BCUT2D eigenvalue weighted by atomic mass is 10.1. The van der Waals surface area contributed by atoms with E-state index >= 15 is 0 Å². The molecule has 0 unspecified atom stereocenters. The van der Waals surface area contributed by atoms with Gasteiger partial charge in [-0.2, -0.15) is 0 Å². The minimum Gasteiger partial charge on any atom is -0.493 e. The Morgan fingerprint density at radius 1 is 1.07 bits per heavy atom. The fourth-order valence-electron chi connectivity index (χ4n) is 2.73. The molecule has 0 bridgehead atoms. The van der Waals surface area contributed by atoms with E-state index in [-0.39, 0.29) is 28.7 Å². The van der Waals surface area contributed by atoms with Crippen LogP contribution in [0.15, 0.2) is 30.3 Å². The zero-order valence-corrected chi connectivity index (χ0v) is 18.3. The minimum atomic E-state index is -3.53. The summed E-state index contributed by atoms with van der Waals surface area (Å²) < 4.78 is 41.2. The van der Waals surface area contributed by atoms with Crippen molar-refractivity contribution in [2.45, 2.75) is 6.54 Å². The van der Waals surface area contributed by atoms with Crippen molar-refractivity contribution in [2.24, 2.45) is 0 Å². The third kappa shape index (κ3) is 5.68. The second-order valence-electron chi connectivity index (χ2n) is 6.26. The van der Waals surface area contributed by atoms with Crippen molar-refractivity contribution in [1.29, 1.82) is 0 Å². The summed E-state index contributed by atoms with van der Waals surface area (Å²) in [5.41, 5.74) is 1.19. The number of sulfonamides is 1. The molecule has 0 aliphatic carbocycles. The summed E-state index contributed by atoms with van der Waals surface area (Å²) in [5, 5.41) is 0.194. The molecule has 158 valence electrons. The standard InChI is InChI=1S/C19H23ClN2O6S/c1-22(11-12-8-16(26-2)18(28-4)17(9-12)27-3)19(23)13-6-7-14(20)15(10-13)21-29(5,24)25/h6-10,21H,11H2,1-5H3. The molecule has 0 radical (unpaired) electrons. The quantitative estimate of drug-likeness (QED) is 0.675. The van der Waals surface area contributed by atoms with Crippen molar-refractivity contribution in [3.05, 3.63) is 46.5 Å². The molecule has 0 saturated carbocycles. The SMILES string of the molecule is COc1cc(CN(C)C(=O)c2ccc(Cl)c(NS(C)(=O)=O)c2)cc(OC)c1OC. The summed E-state index contributed by atoms with van der Waals surface area (Å²) in [7, 11) is 2.64. The Hall–Kier alpha value is -2.65. The number of amides is 1. The normalized spacial score (nSPS) is 11.0. The van der Waals surface area contributed by atoms with Crippen LogP contribution in [0.1, 0.15) is 15.9 Å². The van der Waals surface area contributed by atoms with Crippen LogP contribution in [0.2, 0.25) is 5.02 Å². The zero-order chi connectivity index (χ0) is 21.8. The van der Waals surface area contributed by atoms with E-state index in [0.29, 0.717) is 17.2 Å². The molecular weight excluding hydrogens is 420 g/mol. The first-order valence-electron chi connectivity index (χ1n) is 8.41. The first kappa shape index (κ1) is 22.6. The number of hydrogen-bond donors (Lipinski definition) is 1. The second kappa shape index (κ2) is 9.23. The van der Waals surface area contributed by atoms with E-state index in [9.17, 15) is 13.2 Å². The second-order valence-corrected chi connectivity index (χ2v) is 8.42. The molecule has 1 N–H and O–H groups in total. The molecule has 0 spiro atoms. The van der Waals surface area contributed by atoms with Gasteiger partial charge in [0.2, 0.25) is 15.8 Å². The third-order valence-electron chi connectivity index (χ3n) is 4.00. The van der Waals surface area contributed by atoms with Gasteiger partial charge in [-0.15, -0.1) is 0 Å². The Morgan fingerprint density at radius 2 is 1.66 bits per heavy atom. The average Bonchev–Trinajstić information content (AvgIpc) is 2.67. The summed E-state index contributed by atoms with van der Waals surface area (Å²) in [6.07, 6.45) is 1.01. The first-order valence-corrected chi connectivity index (χ1v) is 10.7. The van der Waals surface area contributed by atoms with Crippen molar-refractivity contribution < 1.29 is 27.4 Å². The van der Waals surface area contributed by atoms with Crippen LogP contribution < -0.4 is 18.9 Å². The average molecular weight is 443 g/mol. The molecule has 0 aliphatic heterocycles. The van der Waals surface area contributed by atoms with Crippen LogP contribution in [0, 0.1) is 0 Å². The van der Waals surface area contributed by atoms with E-state index in [1.165, 1.54) is 44.4 Å². The molecular formula is C19H23ClN2O6S. The molecule has 2 aromatic carbocycles. The maximum atomic E-state index is 12.8. The largest absolute Gasteiger partial charge is 0.493 e. The highest BCUT2D eigenvalue weighted by Gasteiger charge is 2.18. The maximum Gasteiger partial charge on any atom is 0.253 e. The van der Waals surface area contributed by atoms with Crippen molar-refractivity contribution in [3.8, 4) is 17.2 Å². The number of anilines is 1. The van der Waals surface area contributed by atoms with E-state index in [2.05, 4.69) is 4.72 Å². The molecule has 10 heteroatoms. The van der Waals surface area contributed by atoms with Gasteiger partial charge in [0.05, 0.1) is 38.3 Å². The number of carbonyl (C=O) groups excluding carboxylic acids is 1. The summed E-state index contributed by atoms with van der Waals surface area (Å²) in [6, 6.07) is 7.91. The Balaban J connectivity index is 2.29. The Bertz CT molecular complexity index is 985.